The molecule has 1 heterocycles. The van der Waals surface area contributed by atoms with E-state index < -0.39 is 6.04 Å². The van der Waals surface area contributed by atoms with Gasteiger partial charge in [0.25, 0.3) is 5.91 Å². The summed E-state index contributed by atoms with van der Waals surface area (Å²) in [5, 5.41) is 5.64. The maximum Gasteiger partial charge on any atom is 0.251 e. The minimum atomic E-state index is -0.588. The summed E-state index contributed by atoms with van der Waals surface area (Å²) in [6, 6.07) is 11.1. The van der Waals surface area contributed by atoms with E-state index in [1.54, 1.807) is 30.4 Å². The number of carbonyl (C=O) groups excluding carboxylic acids is 2. The number of rotatable bonds is 6. The largest absolute Gasteiger partial charge is 0.349 e. The van der Waals surface area contributed by atoms with E-state index >= 15 is 0 Å². The van der Waals surface area contributed by atoms with Gasteiger partial charge in [-0.15, -0.1) is 11.3 Å². The summed E-state index contributed by atoms with van der Waals surface area (Å²) in [7, 11) is 0. The second-order valence-corrected chi connectivity index (χ2v) is 8.71. The fourth-order valence-electron chi connectivity index (χ4n) is 2.50. The van der Waals surface area contributed by atoms with Gasteiger partial charge in [-0.05, 0) is 48.6 Å². The average molecular weight is 373 g/mol. The van der Waals surface area contributed by atoms with Gasteiger partial charge in [0.05, 0.1) is 6.54 Å². The molecule has 0 aliphatic carbocycles. The van der Waals surface area contributed by atoms with Crippen LogP contribution in [0.4, 0.5) is 0 Å². The summed E-state index contributed by atoms with van der Waals surface area (Å²) >= 11 is 1.70. The zero-order valence-corrected chi connectivity index (χ0v) is 17.0. The fourth-order valence-corrected chi connectivity index (χ4v) is 3.40. The number of nitrogens with one attached hydrogen (secondary N) is 2. The predicted molar refractivity (Wildman–Crippen MR) is 108 cm³/mol. The van der Waals surface area contributed by atoms with Gasteiger partial charge in [-0.25, -0.2) is 0 Å². The van der Waals surface area contributed by atoms with Crippen LogP contribution < -0.4 is 10.6 Å². The first kappa shape index (κ1) is 20.2. The molecule has 0 radical (unpaired) electrons. The highest BCUT2D eigenvalue weighted by molar-refractivity contribution is 7.11. The van der Waals surface area contributed by atoms with Gasteiger partial charge in [0.1, 0.15) is 6.04 Å². The minimum absolute atomic E-state index is 0.0433. The molecule has 1 atom stereocenters. The maximum absolute atomic E-state index is 12.3. The van der Waals surface area contributed by atoms with Crippen molar-refractivity contribution < 1.29 is 9.59 Å². The first-order valence-corrected chi connectivity index (χ1v) is 9.79. The highest BCUT2D eigenvalue weighted by Crippen LogP contribution is 2.22. The lowest BCUT2D eigenvalue weighted by atomic mass is 9.86. The van der Waals surface area contributed by atoms with Gasteiger partial charge in [-0.1, -0.05) is 39.8 Å². The monoisotopic (exact) mass is 372 g/mol. The van der Waals surface area contributed by atoms with Crippen molar-refractivity contribution in [2.45, 2.75) is 59.0 Å². The topological polar surface area (TPSA) is 58.2 Å². The Balaban J connectivity index is 1.88. The zero-order chi connectivity index (χ0) is 19.3. The Morgan fingerprint density at radius 3 is 2.19 bits per heavy atom. The van der Waals surface area contributed by atoms with E-state index in [2.05, 4.69) is 44.4 Å². The Kier molecular flexibility index (Phi) is 6.59. The van der Waals surface area contributed by atoms with Gasteiger partial charge in [0.2, 0.25) is 5.91 Å². The Hall–Kier alpha value is -2.14. The third-order valence-corrected chi connectivity index (χ3v) is 5.49. The summed E-state index contributed by atoms with van der Waals surface area (Å²) in [5.41, 5.74) is 1.77. The second-order valence-electron chi connectivity index (χ2n) is 7.46. The molecule has 0 bridgehead atoms. The molecule has 1 unspecified atom stereocenters. The molecule has 0 aliphatic rings. The molecular formula is C21H28N2O2S. The second kappa shape index (κ2) is 8.49. The normalized spacial score (nSPS) is 12.5. The van der Waals surface area contributed by atoms with Gasteiger partial charge in [0, 0.05) is 15.3 Å². The molecule has 2 amide bonds. The number of carbonyl (C=O) groups is 2. The molecule has 140 valence electrons. The molecule has 2 aromatic rings. The summed E-state index contributed by atoms with van der Waals surface area (Å²) in [5.74, 6) is -0.423. The number of hydrogen-bond acceptors (Lipinski definition) is 3. The number of hydrogen-bond donors (Lipinski definition) is 2. The summed E-state index contributed by atoms with van der Waals surface area (Å²) in [6.07, 6.45) is 0.999. The summed E-state index contributed by atoms with van der Waals surface area (Å²) < 4.78 is 0. The molecule has 0 saturated carbocycles. The van der Waals surface area contributed by atoms with Gasteiger partial charge in [0.15, 0.2) is 0 Å². The van der Waals surface area contributed by atoms with Crippen molar-refractivity contribution in [3.8, 4) is 0 Å². The van der Waals surface area contributed by atoms with Crippen LogP contribution in [0.2, 0.25) is 0 Å². The lowest BCUT2D eigenvalue weighted by Crippen LogP contribution is -2.44. The highest BCUT2D eigenvalue weighted by atomic mass is 32.1. The van der Waals surface area contributed by atoms with Crippen LogP contribution in [-0.2, 0) is 23.2 Å². The Labute approximate surface area is 160 Å². The fraction of sp³-hybridized carbons (Fsp3) is 0.429. The van der Waals surface area contributed by atoms with E-state index in [1.807, 2.05) is 18.2 Å². The molecule has 0 saturated heterocycles. The molecule has 1 aromatic heterocycles. The zero-order valence-electron chi connectivity index (χ0n) is 16.2. The number of thiophene rings is 1. The minimum Gasteiger partial charge on any atom is -0.349 e. The third kappa shape index (κ3) is 5.43. The molecule has 2 rings (SSSR count). The predicted octanol–water partition coefficient (Wildman–Crippen LogP) is 4.04. The van der Waals surface area contributed by atoms with Crippen LogP contribution in [0.15, 0.2) is 36.4 Å². The van der Waals surface area contributed by atoms with E-state index in [-0.39, 0.29) is 17.2 Å². The van der Waals surface area contributed by atoms with Crippen molar-refractivity contribution in [1.29, 1.82) is 0 Å². The molecule has 5 heteroatoms. The van der Waals surface area contributed by atoms with E-state index in [0.717, 1.165) is 11.3 Å². The number of benzene rings is 1. The van der Waals surface area contributed by atoms with Crippen molar-refractivity contribution in [2.75, 3.05) is 0 Å². The average Bonchev–Trinajstić information content (AvgIpc) is 3.07. The van der Waals surface area contributed by atoms with Crippen molar-refractivity contribution in [1.82, 2.24) is 10.6 Å². The Morgan fingerprint density at radius 2 is 1.65 bits per heavy atom. The van der Waals surface area contributed by atoms with E-state index in [1.165, 1.54) is 10.4 Å². The van der Waals surface area contributed by atoms with Crippen LogP contribution in [0.25, 0.3) is 0 Å². The molecule has 26 heavy (non-hydrogen) atoms. The summed E-state index contributed by atoms with van der Waals surface area (Å²) in [6.45, 7) is 10.7. The SMILES string of the molecule is CCc1ccc(CNC(=O)C(C)NC(=O)c2ccc(C(C)(C)C)cc2)s1. The maximum atomic E-state index is 12.3. The molecule has 0 aliphatic heterocycles. The van der Waals surface area contributed by atoms with Crippen molar-refractivity contribution >= 4 is 23.2 Å². The van der Waals surface area contributed by atoms with Crippen LogP contribution in [0.1, 0.15) is 60.3 Å². The van der Waals surface area contributed by atoms with Crippen molar-refractivity contribution in [3.63, 3.8) is 0 Å². The van der Waals surface area contributed by atoms with Crippen molar-refractivity contribution in [3.05, 3.63) is 57.3 Å². The van der Waals surface area contributed by atoms with Crippen LogP contribution >= 0.6 is 11.3 Å². The van der Waals surface area contributed by atoms with Crippen molar-refractivity contribution in [2.24, 2.45) is 0 Å². The van der Waals surface area contributed by atoms with Crippen LogP contribution in [0.5, 0.6) is 0 Å². The van der Waals surface area contributed by atoms with Gasteiger partial charge in [-0.2, -0.15) is 0 Å². The van der Waals surface area contributed by atoms with E-state index in [4.69, 9.17) is 0 Å². The van der Waals surface area contributed by atoms with Gasteiger partial charge < -0.3 is 10.6 Å². The number of amides is 2. The molecule has 4 nitrogen and oxygen atoms in total. The first-order chi connectivity index (χ1) is 12.2. The van der Waals surface area contributed by atoms with E-state index in [0.29, 0.717) is 12.1 Å². The Morgan fingerprint density at radius 1 is 1.04 bits per heavy atom. The van der Waals surface area contributed by atoms with Crippen LogP contribution in [0, 0.1) is 0 Å². The Bertz CT molecular complexity index is 757. The van der Waals surface area contributed by atoms with Gasteiger partial charge in [-0.3, -0.25) is 9.59 Å². The molecular weight excluding hydrogens is 344 g/mol. The summed E-state index contributed by atoms with van der Waals surface area (Å²) in [4.78, 5) is 27.0. The lowest BCUT2D eigenvalue weighted by Gasteiger charge is -2.19. The molecule has 0 fully saturated rings. The first-order valence-electron chi connectivity index (χ1n) is 8.97. The third-order valence-electron chi connectivity index (χ3n) is 4.26. The molecule has 0 spiro atoms. The highest BCUT2D eigenvalue weighted by Gasteiger charge is 2.18. The quantitative estimate of drug-likeness (QED) is 0.804. The lowest BCUT2D eigenvalue weighted by molar-refractivity contribution is -0.122. The molecule has 1 aromatic carbocycles. The van der Waals surface area contributed by atoms with Gasteiger partial charge >= 0.3 is 0 Å². The van der Waals surface area contributed by atoms with Crippen LogP contribution in [-0.4, -0.2) is 17.9 Å². The molecule has 2 N–H and O–H groups in total. The van der Waals surface area contributed by atoms with Crippen LogP contribution in [0.3, 0.4) is 0 Å². The standard InChI is InChI=1S/C21H28N2O2S/c1-6-17-11-12-18(26-17)13-22-19(24)14(2)23-20(25)15-7-9-16(10-8-15)21(3,4)5/h7-12,14H,6,13H2,1-5H3,(H,22,24)(H,23,25). The number of aryl methyl sites for hydroxylation is 1. The van der Waals surface area contributed by atoms with E-state index in [9.17, 15) is 9.59 Å². The smallest absolute Gasteiger partial charge is 0.251 e.